The van der Waals surface area contributed by atoms with E-state index < -0.39 is 5.54 Å². The minimum Gasteiger partial charge on any atom is -0.372 e. The lowest BCUT2D eigenvalue weighted by atomic mass is 10.1. The highest BCUT2D eigenvalue weighted by Gasteiger charge is 2.25. The molecule has 1 aromatic heterocycles. The number of rotatable bonds is 2. The zero-order valence-corrected chi connectivity index (χ0v) is 14.9. The number of carbonyl (C=O) groups is 1. The van der Waals surface area contributed by atoms with E-state index in [0.29, 0.717) is 11.3 Å². The lowest BCUT2D eigenvalue weighted by Gasteiger charge is -2.19. The molecule has 126 valence electrons. The maximum absolute atomic E-state index is 12.7. The number of likely N-dealkylation sites (tertiary alicyclic amines) is 1. The van der Waals surface area contributed by atoms with E-state index in [2.05, 4.69) is 15.7 Å². The summed E-state index contributed by atoms with van der Waals surface area (Å²) in [5.74, 6) is -0.220. The van der Waals surface area contributed by atoms with E-state index in [1.165, 1.54) is 9.58 Å². The monoisotopic (exact) mass is 318 g/mol. The van der Waals surface area contributed by atoms with Gasteiger partial charge in [0.2, 0.25) is 0 Å². The van der Waals surface area contributed by atoms with Crippen molar-refractivity contribution in [3.63, 3.8) is 0 Å². The van der Waals surface area contributed by atoms with E-state index in [0.717, 1.165) is 25.1 Å². The topological polar surface area (TPSA) is 61.3 Å². The van der Waals surface area contributed by atoms with Gasteiger partial charge in [-0.15, -0.1) is 0 Å². The molecule has 1 aliphatic heterocycles. The number of aromatic amines is 1. The van der Waals surface area contributed by atoms with Gasteiger partial charge in [0.25, 0.3) is 11.5 Å². The number of nitrogens with zero attached hydrogens (tertiary/aromatic N) is 3. The molecular weight excluding hydrogens is 292 g/mol. The van der Waals surface area contributed by atoms with E-state index in [1.54, 1.807) is 20.2 Å². The lowest BCUT2D eigenvalue weighted by molar-refractivity contribution is 0.0820. The smallest absolute Gasteiger partial charge is 0.275 e. The van der Waals surface area contributed by atoms with Gasteiger partial charge in [-0.05, 0) is 39.7 Å². The first-order valence-corrected chi connectivity index (χ1v) is 7.87. The van der Waals surface area contributed by atoms with Gasteiger partial charge >= 0.3 is 0 Å². The first-order chi connectivity index (χ1) is 10.6. The molecule has 0 atom stereocenters. The predicted molar refractivity (Wildman–Crippen MR) is 91.4 cm³/mol. The van der Waals surface area contributed by atoms with Crippen LogP contribution in [0.2, 0.25) is 0 Å². The third-order valence-corrected chi connectivity index (χ3v) is 3.97. The summed E-state index contributed by atoms with van der Waals surface area (Å²) < 4.78 is 1.50. The fourth-order valence-electron chi connectivity index (χ4n) is 2.59. The molecule has 0 bridgehead atoms. The molecular formula is C17H26N4O2. The van der Waals surface area contributed by atoms with E-state index >= 15 is 0 Å². The molecule has 6 nitrogen and oxygen atoms in total. The van der Waals surface area contributed by atoms with Gasteiger partial charge in [-0.2, -0.15) is 0 Å². The van der Waals surface area contributed by atoms with Crippen LogP contribution < -0.4 is 5.56 Å². The molecule has 0 radical (unpaired) electrons. The average Bonchev–Trinajstić information content (AvgIpc) is 2.99. The van der Waals surface area contributed by atoms with Gasteiger partial charge in [0.1, 0.15) is 5.69 Å². The number of carbonyl (C=O) groups excluding carboxylic acids is 1. The third-order valence-electron chi connectivity index (χ3n) is 3.97. The Labute approximate surface area is 137 Å². The van der Waals surface area contributed by atoms with Crippen molar-refractivity contribution in [3.05, 3.63) is 33.0 Å². The van der Waals surface area contributed by atoms with Crippen LogP contribution in [0.4, 0.5) is 0 Å². The van der Waals surface area contributed by atoms with Crippen LogP contribution in [-0.2, 0) is 5.54 Å². The SMILES string of the molecule is CN(C)C(=O)c1[nH]n(C(C)(C)C)c(=O)c1C=C=C1CCCN1C. The Bertz CT molecular complexity index is 725. The van der Waals surface area contributed by atoms with Crippen molar-refractivity contribution in [2.45, 2.75) is 39.2 Å². The lowest BCUT2D eigenvalue weighted by Crippen LogP contribution is -2.33. The normalized spacial score (nSPS) is 14.9. The molecule has 1 aromatic rings. The number of nitrogens with one attached hydrogen (secondary N) is 1. The molecule has 0 aliphatic carbocycles. The first-order valence-electron chi connectivity index (χ1n) is 7.87. The van der Waals surface area contributed by atoms with Crippen molar-refractivity contribution in [2.24, 2.45) is 0 Å². The fourth-order valence-corrected chi connectivity index (χ4v) is 2.59. The van der Waals surface area contributed by atoms with Crippen LogP contribution in [0.1, 0.15) is 49.7 Å². The molecule has 1 aliphatic rings. The maximum atomic E-state index is 12.7. The predicted octanol–water partition coefficient (Wildman–Crippen LogP) is 1.85. The largest absolute Gasteiger partial charge is 0.372 e. The summed E-state index contributed by atoms with van der Waals surface area (Å²) >= 11 is 0. The Balaban J connectivity index is 2.61. The van der Waals surface area contributed by atoms with Crippen LogP contribution in [0, 0.1) is 0 Å². The average molecular weight is 318 g/mol. The number of hydrogen-bond acceptors (Lipinski definition) is 3. The van der Waals surface area contributed by atoms with Crippen molar-refractivity contribution in [3.8, 4) is 0 Å². The third kappa shape index (κ3) is 3.42. The Morgan fingerprint density at radius 3 is 2.48 bits per heavy atom. The minimum absolute atomic E-state index is 0.198. The van der Waals surface area contributed by atoms with Gasteiger partial charge in [-0.3, -0.25) is 14.7 Å². The van der Waals surface area contributed by atoms with Crippen LogP contribution in [0.25, 0.3) is 6.08 Å². The molecule has 0 aromatic carbocycles. The molecule has 1 fully saturated rings. The summed E-state index contributed by atoms with van der Waals surface area (Å²) in [4.78, 5) is 28.7. The number of hydrogen-bond donors (Lipinski definition) is 1. The summed E-state index contributed by atoms with van der Waals surface area (Å²) in [5.41, 5.74) is 4.32. The van der Waals surface area contributed by atoms with Crippen molar-refractivity contribution in [1.82, 2.24) is 19.6 Å². The summed E-state index contributed by atoms with van der Waals surface area (Å²) in [6, 6.07) is 0. The van der Waals surface area contributed by atoms with Gasteiger partial charge in [-0.1, -0.05) is 5.73 Å². The maximum Gasteiger partial charge on any atom is 0.275 e. The van der Waals surface area contributed by atoms with E-state index in [-0.39, 0.29) is 11.5 Å². The summed E-state index contributed by atoms with van der Waals surface area (Å²) in [6.07, 6.45) is 3.69. The Morgan fingerprint density at radius 2 is 2.00 bits per heavy atom. The van der Waals surface area contributed by atoms with Crippen LogP contribution >= 0.6 is 0 Å². The molecule has 0 unspecified atom stereocenters. The number of amides is 1. The van der Waals surface area contributed by atoms with Gasteiger partial charge in [0.05, 0.1) is 16.8 Å². The number of allylic oxidation sites excluding steroid dienone is 1. The van der Waals surface area contributed by atoms with E-state index in [9.17, 15) is 9.59 Å². The standard InChI is InChI=1S/C17H26N4O2/c1-17(2,3)21-15(22)13(14(18-21)16(23)19(4)5)10-9-12-8-7-11-20(12)6/h10,18H,7-8,11H2,1-6H3. The molecule has 1 saturated heterocycles. The van der Waals surface area contributed by atoms with Crippen LogP contribution in [0.15, 0.2) is 16.2 Å². The number of aromatic nitrogens is 2. The quantitative estimate of drug-likeness (QED) is 0.847. The second-order valence-electron chi connectivity index (χ2n) is 7.17. The highest BCUT2D eigenvalue weighted by atomic mass is 16.2. The number of H-pyrrole nitrogens is 1. The van der Waals surface area contributed by atoms with Gasteiger partial charge in [0, 0.05) is 27.7 Å². The first kappa shape index (κ1) is 17.2. The van der Waals surface area contributed by atoms with Crippen LogP contribution in [-0.4, -0.2) is 53.2 Å². The molecule has 0 saturated carbocycles. The summed E-state index contributed by atoms with van der Waals surface area (Å²) in [6.45, 7) is 6.77. The van der Waals surface area contributed by atoms with Gasteiger partial charge < -0.3 is 9.80 Å². The van der Waals surface area contributed by atoms with Crippen LogP contribution in [0.5, 0.6) is 0 Å². The molecule has 6 heteroatoms. The zero-order chi connectivity index (χ0) is 17.4. The van der Waals surface area contributed by atoms with Crippen molar-refractivity contribution in [1.29, 1.82) is 0 Å². The molecule has 0 spiro atoms. The Morgan fingerprint density at radius 1 is 1.35 bits per heavy atom. The summed E-state index contributed by atoms with van der Waals surface area (Å²) in [7, 11) is 5.36. The van der Waals surface area contributed by atoms with Crippen molar-refractivity contribution in [2.75, 3.05) is 27.7 Å². The van der Waals surface area contributed by atoms with Crippen molar-refractivity contribution < 1.29 is 4.79 Å². The Kier molecular flexibility index (Phi) is 4.57. The second-order valence-corrected chi connectivity index (χ2v) is 7.17. The van der Waals surface area contributed by atoms with E-state index in [1.807, 2.05) is 27.8 Å². The molecule has 1 amide bonds. The molecule has 2 rings (SSSR count). The van der Waals surface area contributed by atoms with E-state index in [4.69, 9.17) is 0 Å². The molecule has 2 heterocycles. The fraction of sp³-hybridized carbons (Fsp3) is 0.588. The minimum atomic E-state index is -0.429. The van der Waals surface area contributed by atoms with Gasteiger partial charge in [-0.25, -0.2) is 4.68 Å². The highest BCUT2D eigenvalue weighted by molar-refractivity contribution is 5.95. The Hall–Kier alpha value is -2.20. The zero-order valence-electron chi connectivity index (χ0n) is 14.9. The van der Waals surface area contributed by atoms with Crippen LogP contribution in [0.3, 0.4) is 0 Å². The summed E-state index contributed by atoms with van der Waals surface area (Å²) in [5, 5.41) is 2.98. The van der Waals surface area contributed by atoms with Crippen molar-refractivity contribution >= 4 is 12.0 Å². The second kappa shape index (κ2) is 6.13. The highest BCUT2D eigenvalue weighted by Crippen LogP contribution is 2.18. The molecule has 1 N–H and O–H groups in total. The molecule has 23 heavy (non-hydrogen) atoms. The van der Waals surface area contributed by atoms with Gasteiger partial charge in [0.15, 0.2) is 0 Å².